The van der Waals surface area contributed by atoms with Crippen LogP contribution < -0.4 is 5.32 Å². The Bertz CT molecular complexity index is 1080. The van der Waals surface area contributed by atoms with Gasteiger partial charge in [-0.2, -0.15) is 0 Å². The number of pyridine rings is 2. The van der Waals surface area contributed by atoms with Gasteiger partial charge >= 0.3 is 0 Å². The van der Waals surface area contributed by atoms with E-state index < -0.39 is 11.7 Å². The zero-order valence-electron chi connectivity index (χ0n) is 16.3. The van der Waals surface area contributed by atoms with E-state index >= 15 is 0 Å². The van der Waals surface area contributed by atoms with Crippen LogP contribution in [0.15, 0.2) is 66.2 Å². The molecule has 3 heterocycles. The van der Waals surface area contributed by atoms with Gasteiger partial charge in [0.15, 0.2) is 0 Å². The molecule has 1 aliphatic heterocycles. The molecule has 1 aromatic carbocycles. The largest absolute Gasteiger partial charge is 0.317 e. The van der Waals surface area contributed by atoms with Gasteiger partial charge < -0.3 is 5.32 Å². The minimum atomic E-state index is -0.534. The van der Waals surface area contributed by atoms with E-state index in [1.165, 1.54) is 18.5 Å². The van der Waals surface area contributed by atoms with E-state index in [9.17, 15) is 9.18 Å². The molecule has 2 atom stereocenters. The molecule has 0 spiro atoms. The van der Waals surface area contributed by atoms with Gasteiger partial charge in [-0.1, -0.05) is 32.0 Å². The molecule has 0 bridgehead atoms. The first kappa shape index (κ1) is 18.9. The van der Waals surface area contributed by atoms with Crippen molar-refractivity contribution < 1.29 is 9.18 Å². The number of anilines is 1. The Morgan fingerprint density at radius 3 is 2.66 bits per heavy atom. The fourth-order valence-corrected chi connectivity index (χ4v) is 3.50. The normalized spacial score (nSPS) is 18.4. The number of amides is 1. The van der Waals surface area contributed by atoms with Gasteiger partial charge in [-0.05, 0) is 41.2 Å². The average molecular weight is 388 g/mol. The molecule has 6 heteroatoms. The lowest BCUT2D eigenvalue weighted by Crippen LogP contribution is -2.25. The van der Waals surface area contributed by atoms with Crippen LogP contribution in [0, 0.1) is 11.7 Å². The van der Waals surface area contributed by atoms with E-state index in [1.807, 2.05) is 24.3 Å². The van der Waals surface area contributed by atoms with Crippen molar-refractivity contribution in [2.24, 2.45) is 10.9 Å². The molecule has 5 nitrogen and oxygen atoms in total. The zero-order valence-corrected chi connectivity index (χ0v) is 16.3. The van der Waals surface area contributed by atoms with Gasteiger partial charge in [-0.3, -0.25) is 19.8 Å². The highest BCUT2D eigenvalue weighted by atomic mass is 19.1. The molecule has 1 N–H and O–H groups in total. The van der Waals surface area contributed by atoms with Gasteiger partial charge in [0.25, 0.3) is 5.91 Å². The average Bonchev–Trinajstić information content (AvgIpc) is 2.87. The molecule has 4 rings (SSSR count). The summed E-state index contributed by atoms with van der Waals surface area (Å²) in [6.45, 7) is 4.79. The number of hydrogen-bond acceptors (Lipinski definition) is 4. The Morgan fingerprint density at radius 1 is 1.07 bits per heavy atom. The van der Waals surface area contributed by atoms with Crippen LogP contribution in [0.4, 0.5) is 10.1 Å². The number of fused-ring (bicyclic) bond motifs is 1. The maximum atomic E-state index is 14.0. The highest BCUT2D eigenvalue weighted by molar-refractivity contribution is 6.49. The van der Waals surface area contributed by atoms with Gasteiger partial charge in [0, 0.05) is 36.3 Å². The molecule has 0 radical (unpaired) electrons. The summed E-state index contributed by atoms with van der Waals surface area (Å²) in [5.74, 6) is -0.466. The number of aromatic nitrogens is 2. The lowest BCUT2D eigenvalue weighted by Gasteiger charge is -2.19. The molecule has 2 aromatic heterocycles. The summed E-state index contributed by atoms with van der Waals surface area (Å²) in [7, 11) is 0. The van der Waals surface area contributed by atoms with E-state index in [2.05, 4.69) is 40.2 Å². The number of carbonyl (C=O) groups is 1. The lowest BCUT2D eigenvalue weighted by molar-refractivity contribution is -0.110. The number of benzene rings is 1. The number of nitrogens with zero attached hydrogens (tertiary/aromatic N) is 3. The highest BCUT2D eigenvalue weighted by Crippen LogP contribution is 2.33. The van der Waals surface area contributed by atoms with E-state index in [0.717, 1.165) is 22.3 Å². The van der Waals surface area contributed by atoms with Crippen LogP contribution in [-0.4, -0.2) is 28.1 Å². The third kappa shape index (κ3) is 3.78. The van der Waals surface area contributed by atoms with Crippen LogP contribution in [0.3, 0.4) is 0 Å². The van der Waals surface area contributed by atoms with E-state index in [0.29, 0.717) is 12.3 Å². The predicted octanol–water partition coefficient (Wildman–Crippen LogP) is 4.46. The minimum absolute atomic E-state index is 0.0375. The summed E-state index contributed by atoms with van der Waals surface area (Å²) in [6, 6.07) is 11.1. The zero-order chi connectivity index (χ0) is 20.4. The van der Waals surface area contributed by atoms with Crippen molar-refractivity contribution in [3.8, 4) is 11.1 Å². The Morgan fingerprint density at radius 2 is 1.90 bits per heavy atom. The predicted molar refractivity (Wildman–Crippen MR) is 111 cm³/mol. The second-order valence-electron chi connectivity index (χ2n) is 7.31. The Balaban J connectivity index is 1.78. The lowest BCUT2D eigenvalue weighted by atomic mass is 9.85. The van der Waals surface area contributed by atoms with Crippen LogP contribution in [0.2, 0.25) is 0 Å². The molecule has 146 valence electrons. The van der Waals surface area contributed by atoms with Crippen molar-refractivity contribution in [2.45, 2.75) is 19.8 Å². The molecule has 2 unspecified atom stereocenters. The van der Waals surface area contributed by atoms with Gasteiger partial charge in [-0.15, -0.1) is 0 Å². The Kier molecular flexibility index (Phi) is 5.16. The van der Waals surface area contributed by atoms with Crippen LogP contribution in [0.25, 0.3) is 11.1 Å². The Labute approximate surface area is 168 Å². The monoisotopic (exact) mass is 388 g/mol. The molecule has 0 aliphatic carbocycles. The molecular weight excluding hydrogens is 367 g/mol. The summed E-state index contributed by atoms with van der Waals surface area (Å²) in [6.07, 6.45) is 6.14. The Hall–Kier alpha value is -3.41. The molecule has 0 fully saturated rings. The fourth-order valence-electron chi connectivity index (χ4n) is 3.50. The molecule has 1 aliphatic rings. The van der Waals surface area contributed by atoms with Crippen LogP contribution in [-0.2, 0) is 4.79 Å². The molecule has 0 saturated carbocycles. The van der Waals surface area contributed by atoms with Crippen LogP contribution in [0.1, 0.15) is 30.9 Å². The number of halogens is 1. The van der Waals surface area contributed by atoms with Crippen molar-refractivity contribution in [1.29, 1.82) is 0 Å². The smallest absolute Gasteiger partial charge is 0.274 e. The molecule has 3 aromatic rings. The van der Waals surface area contributed by atoms with E-state index in [-0.39, 0.29) is 17.5 Å². The summed E-state index contributed by atoms with van der Waals surface area (Å²) in [5.41, 5.74) is 4.08. The van der Waals surface area contributed by atoms with Gasteiger partial charge in [-0.25, -0.2) is 4.39 Å². The maximum Gasteiger partial charge on any atom is 0.274 e. The quantitative estimate of drug-likeness (QED) is 0.720. The van der Waals surface area contributed by atoms with Gasteiger partial charge in [0.05, 0.1) is 11.9 Å². The standard InChI is InChI=1S/C23H21FN4O/c1-14-11-27-22(23(29)28-21-13-26-9-7-20(21)24)19-10-16(5-6-18(19)15(14)2)17-4-3-8-25-12-17/h3-10,12-15H,11H2,1-2H3,(H,28,29). The number of nitrogens with one attached hydrogen (secondary N) is 1. The second-order valence-corrected chi connectivity index (χ2v) is 7.31. The fraction of sp³-hybridized carbons (Fsp3) is 0.217. The van der Waals surface area contributed by atoms with E-state index in [1.54, 1.807) is 12.4 Å². The third-order valence-corrected chi connectivity index (χ3v) is 5.42. The van der Waals surface area contributed by atoms with Crippen molar-refractivity contribution in [1.82, 2.24) is 9.97 Å². The topological polar surface area (TPSA) is 67.2 Å². The summed E-state index contributed by atoms with van der Waals surface area (Å²) in [5, 5.41) is 2.62. The van der Waals surface area contributed by atoms with Crippen LogP contribution >= 0.6 is 0 Å². The third-order valence-electron chi connectivity index (χ3n) is 5.42. The number of hydrogen-bond donors (Lipinski definition) is 1. The second kappa shape index (κ2) is 7.91. The summed E-state index contributed by atoms with van der Waals surface area (Å²) in [4.78, 5) is 25.7. The van der Waals surface area contributed by atoms with Crippen LogP contribution in [0.5, 0.6) is 0 Å². The number of rotatable bonds is 3. The van der Waals surface area contributed by atoms with Gasteiger partial charge in [0.1, 0.15) is 11.5 Å². The first-order valence-corrected chi connectivity index (χ1v) is 9.54. The first-order chi connectivity index (χ1) is 14.0. The molecular formula is C23H21FN4O. The minimum Gasteiger partial charge on any atom is -0.317 e. The number of carbonyl (C=O) groups excluding carboxylic acids is 1. The van der Waals surface area contributed by atoms with Crippen molar-refractivity contribution in [3.63, 3.8) is 0 Å². The van der Waals surface area contributed by atoms with Crippen molar-refractivity contribution in [3.05, 3.63) is 78.1 Å². The molecule has 1 amide bonds. The van der Waals surface area contributed by atoms with Crippen molar-refractivity contribution in [2.75, 3.05) is 11.9 Å². The molecule has 0 saturated heterocycles. The van der Waals surface area contributed by atoms with E-state index in [4.69, 9.17) is 0 Å². The SMILES string of the molecule is CC1CN=C(C(=O)Nc2cnccc2F)c2cc(-c3cccnc3)ccc2C1C. The van der Waals surface area contributed by atoms with Crippen molar-refractivity contribution >= 4 is 17.3 Å². The maximum absolute atomic E-state index is 14.0. The molecule has 29 heavy (non-hydrogen) atoms. The highest BCUT2D eigenvalue weighted by Gasteiger charge is 2.27. The first-order valence-electron chi connectivity index (χ1n) is 9.54. The number of aliphatic imine (C=N–C) groups is 1. The summed E-state index contributed by atoms with van der Waals surface area (Å²) < 4.78 is 14.0. The summed E-state index contributed by atoms with van der Waals surface area (Å²) >= 11 is 0. The van der Waals surface area contributed by atoms with Gasteiger partial charge in [0.2, 0.25) is 0 Å².